The Morgan fingerprint density at radius 1 is 0.784 bits per heavy atom. The molecule has 5 rings (SSSR count). The number of aromatic nitrogens is 3. The van der Waals surface area contributed by atoms with Gasteiger partial charge >= 0.3 is 6.18 Å². The highest BCUT2D eigenvalue weighted by Crippen LogP contribution is 2.32. The summed E-state index contributed by atoms with van der Waals surface area (Å²) in [5.41, 5.74) is 1.33. The Bertz CT molecular complexity index is 1430. The predicted molar refractivity (Wildman–Crippen MR) is 133 cm³/mol. The van der Waals surface area contributed by atoms with E-state index < -0.39 is 17.6 Å². The molecule has 1 saturated heterocycles. The topological polar surface area (TPSA) is 54.3 Å². The summed E-state index contributed by atoms with van der Waals surface area (Å²) >= 11 is 0. The van der Waals surface area contributed by atoms with E-state index in [0.29, 0.717) is 24.6 Å². The van der Waals surface area contributed by atoms with Gasteiger partial charge in [-0.1, -0.05) is 24.0 Å². The molecule has 0 unspecified atom stereocenters. The molecule has 0 radical (unpaired) electrons. The number of nitrogens with zero attached hydrogens (tertiary/aromatic N) is 5. The molecular weight excluding hydrogens is 479 g/mol. The van der Waals surface area contributed by atoms with Crippen LogP contribution >= 0.6 is 0 Å². The number of carbonyl (C=O) groups is 1. The molecule has 0 atom stereocenters. The zero-order chi connectivity index (χ0) is 25.8. The fourth-order valence-electron chi connectivity index (χ4n) is 4.11. The van der Waals surface area contributed by atoms with Gasteiger partial charge in [0, 0.05) is 62.2 Å². The normalized spacial score (nSPS) is 13.7. The van der Waals surface area contributed by atoms with Crippen molar-refractivity contribution in [1.82, 2.24) is 19.4 Å². The molecule has 6 nitrogen and oxygen atoms in total. The van der Waals surface area contributed by atoms with Gasteiger partial charge in [0.2, 0.25) is 5.95 Å². The minimum Gasteiger partial charge on any atom is -0.337 e. The van der Waals surface area contributed by atoms with Crippen molar-refractivity contribution in [3.05, 3.63) is 108 Å². The van der Waals surface area contributed by atoms with Crippen molar-refractivity contribution >= 4 is 11.9 Å². The summed E-state index contributed by atoms with van der Waals surface area (Å²) < 4.78 is 41.9. The van der Waals surface area contributed by atoms with E-state index in [9.17, 15) is 18.0 Å². The molecule has 1 amide bonds. The number of hydrogen-bond donors (Lipinski definition) is 0. The van der Waals surface area contributed by atoms with E-state index in [1.165, 1.54) is 23.1 Å². The van der Waals surface area contributed by atoms with E-state index in [1.54, 1.807) is 12.4 Å². The number of anilines is 1. The van der Waals surface area contributed by atoms with Crippen molar-refractivity contribution in [2.75, 3.05) is 31.1 Å². The van der Waals surface area contributed by atoms with Gasteiger partial charge in [0.25, 0.3) is 5.91 Å². The summed E-state index contributed by atoms with van der Waals surface area (Å²) in [6.07, 6.45) is 2.65. The Labute approximate surface area is 212 Å². The van der Waals surface area contributed by atoms with Gasteiger partial charge in [-0.3, -0.25) is 4.79 Å². The zero-order valence-electron chi connectivity index (χ0n) is 19.7. The summed E-state index contributed by atoms with van der Waals surface area (Å²) in [6, 6.07) is 16.7. The molecule has 0 bridgehead atoms. The molecule has 0 aliphatic carbocycles. The lowest BCUT2D eigenvalue weighted by Crippen LogP contribution is -2.49. The molecule has 0 spiro atoms. The molecule has 4 aromatic rings. The highest BCUT2D eigenvalue weighted by Gasteiger charge is 2.36. The maximum atomic E-state index is 13.3. The minimum atomic E-state index is -4.58. The lowest BCUT2D eigenvalue weighted by atomic mass is 10.1. The quantitative estimate of drug-likeness (QED) is 0.384. The molecule has 37 heavy (non-hydrogen) atoms. The Morgan fingerprint density at radius 3 is 2.05 bits per heavy atom. The molecule has 1 aliphatic rings. The van der Waals surface area contributed by atoms with Gasteiger partial charge in [0.05, 0.1) is 16.7 Å². The molecule has 9 heteroatoms. The third-order valence-electron chi connectivity index (χ3n) is 6.07. The number of carbonyl (C=O) groups excluding carboxylic acids is 1. The second-order valence-electron chi connectivity index (χ2n) is 8.48. The van der Waals surface area contributed by atoms with Gasteiger partial charge < -0.3 is 14.4 Å². The summed E-state index contributed by atoms with van der Waals surface area (Å²) in [4.78, 5) is 24.9. The zero-order valence-corrected chi connectivity index (χ0v) is 19.7. The Hall–Kier alpha value is -4.58. The first-order chi connectivity index (χ1) is 17.9. The van der Waals surface area contributed by atoms with Crippen LogP contribution in [0.1, 0.15) is 27.0 Å². The standard InChI is InChI=1S/C28H22F3N5O/c29-28(30,31)25-6-2-1-5-24(25)26(37)35-15-17-36(18-16-35)27-32-19-22(20-33-27)8-7-21-9-11-23(12-10-21)34-13-3-4-14-34/h1-6,9-14,19-20H,15-18H2. The van der Waals surface area contributed by atoms with Crippen LogP contribution in [0, 0.1) is 11.8 Å². The maximum absolute atomic E-state index is 13.3. The van der Waals surface area contributed by atoms with Crippen molar-refractivity contribution in [3.8, 4) is 17.5 Å². The van der Waals surface area contributed by atoms with Crippen LogP contribution in [0.15, 0.2) is 85.5 Å². The van der Waals surface area contributed by atoms with Crippen molar-refractivity contribution < 1.29 is 18.0 Å². The lowest BCUT2D eigenvalue weighted by molar-refractivity contribution is -0.138. The molecule has 2 aromatic heterocycles. The largest absolute Gasteiger partial charge is 0.417 e. The van der Waals surface area contributed by atoms with Crippen LogP contribution in [0.3, 0.4) is 0 Å². The first-order valence-corrected chi connectivity index (χ1v) is 11.7. The van der Waals surface area contributed by atoms with Crippen molar-refractivity contribution in [3.63, 3.8) is 0 Å². The molecule has 186 valence electrons. The average molecular weight is 502 g/mol. The number of piperazine rings is 1. The van der Waals surface area contributed by atoms with Gasteiger partial charge in [-0.15, -0.1) is 0 Å². The molecular formula is C28H22F3N5O. The number of amides is 1. The minimum absolute atomic E-state index is 0.273. The summed E-state index contributed by atoms with van der Waals surface area (Å²) in [5.74, 6) is 6.03. The van der Waals surface area contributed by atoms with Crippen LogP contribution in [-0.2, 0) is 6.18 Å². The molecule has 1 aliphatic heterocycles. The maximum Gasteiger partial charge on any atom is 0.417 e. The summed E-state index contributed by atoms with van der Waals surface area (Å²) in [5, 5.41) is 0. The van der Waals surface area contributed by atoms with Crippen LogP contribution < -0.4 is 4.90 Å². The number of benzene rings is 2. The van der Waals surface area contributed by atoms with E-state index in [2.05, 4.69) is 21.8 Å². The third-order valence-corrected chi connectivity index (χ3v) is 6.07. The number of alkyl halides is 3. The van der Waals surface area contributed by atoms with E-state index in [0.717, 1.165) is 17.3 Å². The van der Waals surface area contributed by atoms with E-state index >= 15 is 0 Å². The number of rotatable bonds is 3. The average Bonchev–Trinajstić information content (AvgIpc) is 3.47. The van der Waals surface area contributed by atoms with Gasteiger partial charge in [0.1, 0.15) is 0 Å². The monoisotopic (exact) mass is 501 g/mol. The fourth-order valence-corrected chi connectivity index (χ4v) is 4.11. The van der Waals surface area contributed by atoms with Crippen LogP contribution in [0.4, 0.5) is 19.1 Å². The van der Waals surface area contributed by atoms with Crippen LogP contribution in [0.5, 0.6) is 0 Å². The Morgan fingerprint density at radius 2 is 1.41 bits per heavy atom. The fraction of sp³-hybridized carbons (Fsp3) is 0.179. The van der Waals surface area contributed by atoms with Gasteiger partial charge in [-0.2, -0.15) is 13.2 Å². The van der Waals surface area contributed by atoms with E-state index in [1.807, 2.05) is 58.3 Å². The van der Waals surface area contributed by atoms with Crippen LogP contribution in [0.2, 0.25) is 0 Å². The second kappa shape index (κ2) is 10.2. The first kappa shape index (κ1) is 24.1. The van der Waals surface area contributed by atoms with Gasteiger partial charge in [0.15, 0.2) is 0 Å². The van der Waals surface area contributed by atoms with Gasteiger partial charge in [-0.05, 0) is 48.5 Å². The van der Waals surface area contributed by atoms with Gasteiger partial charge in [-0.25, -0.2) is 9.97 Å². The second-order valence-corrected chi connectivity index (χ2v) is 8.48. The molecule has 3 heterocycles. The lowest BCUT2D eigenvalue weighted by Gasteiger charge is -2.35. The number of hydrogen-bond acceptors (Lipinski definition) is 4. The molecule has 2 aromatic carbocycles. The highest BCUT2D eigenvalue weighted by molar-refractivity contribution is 5.96. The highest BCUT2D eigenvalue weighted by atomic mass is 19.4. The number of halogens is 3. The Kier molecular flexibility index (Phi) is 6.64. The smallest absolute Gasteiger partial charge is 0.337 e. The molecule has 0 saturated carbocycles. The first-order valence-electron chi connectivity index (χ1n) is 11.7. The molecule has 0 N–H and O–H groups in total. The van der Waals surface area contributed by atoms with Crippen molar-refractivity contribution in [1.29, 1.82) is 0 Å². The van der Waals surface area contributed by atoms with Crippen LogP contribution in [-0.4, -0.2) is 51.5 Å². The van der Waals surface area contributed by atoms with E-state index in [-0.39, 0.29) is 18.7 Å². The predicted octanol–water partition coefficient (Wildman–Crippen LogP) is 4.65. The summed E-state index contributed by atoms with van der Waals surface area (Å²) in [7, 11) is 0. The third kappa shape index (κ3) is 5.48. The SMILES string of the molecule is O=C(c1ccccc1C(F)(F)F)N1CCN(c2ncc(C#Cc3ccc(-n4cccc4)cc3)cn2)CC1. The van der Waals surface area contributed by atoms with Crippen LogP contribution in [0.25, 0.3) is 5.69 Å². The molecule has 1 fully saturated rings. The van der Waals surface area contributed by atoms with Crippen molar-refractivity contribution in [2.45, 2.75) is 6.18 Å². The van der Waals surface area contributed by atoms with E-state index in [4.69, 9.17) is 0 Å². The van der Waals surface area contributed by atoms with Crippen molar-refractivity contribution in [2.24, 2.45) is 0 Å². The Balaban J connectivity index is 1.19. The summed E-state index contributed by atoms with van der Waals surface area (Å²) in [6.45, 7) is 1.38.